The van der Waals surface area contributed by atoms with Crippen LogP contribution in [-0.2, 0) is 4.74 Å². The van der Waals surface area contributed by atoms with Gasteiger partial charge in [-0.05, 0) is 18.8 Å². The highest BCUT2D eigenvalue weighted by Gasteiger charge is 2.39. The molecule has 1 aliphatic rings. The standard InChI is InChI=1S/C10H20O3/c1-4-8-6(2)10(12)9(5-11)13-7(8)3/h6-12H,4-5H2,1-3H3. The molecule has 0 bridgehead atoms. The Morgan fingerprint density at radius 2 is 1.92 bits per heavy atom. The average molecular weight is 188 g/mol. The molecule has 1 heterocycles. The Labute approximate surface area is 79.7 Å². The maximum absolute atomic E-state index is 9.77. The monoisotopic (exact) mass is 188 g/mol. The van der Waals surface area contributed by atoms with E-state index in [0.29, 0.717) is 5.92 Å². The summed E-state index contributed by atoms with van der Waals surface area (Å²) < 4.78 is 5.52. The molecule has 3 nitrogen and oxygen atoms in total. The summed E-state index contributed by atoms with van der Waals surface area (Å²) in [6.07, 6.45) is 0.233. The van der Waals surface area contributed by atoms with Crippen molar-refractivity contribution in [1.82, 2.24) is 0 Å². The predicted molar refractivity (Wildman–Crippen MR) is 50.4 cm³/mol. The molecule has 1 aliphatic heterocycles. The van der Waals surface area contributed by atoms with Crippen LogP contribution in [0, 0.1) is 11.8 Å². The lowest BCUT2D eigenvalue weighted by Gasteiger charge is -2.42. The molecule has 0 radical (unpaired) electrons. The molecular formula is C10H20O3. The van der Waals surface area contributed by atoms with Crippen LogP contribution in [0.4, 0.5) is 0 Å². The Bertz CT molecular complexity index is 160. The van der Waals surface area contributed by atoms with Gasteiger partial charge in [0.15, 0.2) is 0 Å². The van der Waals surface area contributed by atoms with E-state index < -0.39 is 12.2 Å². The van der Waals surface area contributed by atoms with E-state index in [1.54, 1.807) is 0 Å². The van der Waals surface area contributed by atoms with Crippen LogP contribution in [-0.4, -0.2) is 35.1 Å². The molecule has 0 aromatic carbocycles. The highest BCUT2D eigenvalue weighted by molar-refractivity contribution is 4.87. The summed E-state index contributed by atoms with van der Waals surface area (Å²) in [5.41, 5.74) is 0. The van der Waals surface area contributed by atoms with E-state index in [0.717, 1.165) is 6.42 Å². The summed E-state index contributed by atoms with van der Waals surface area (Å²) in [7, 11) is 0. The number of aliphatic hydroxyl groups is 2. The van der Waals surface area contributed by atoms with E-state index in [4.69, 9.17) is 9.84 Å². The molecule has 1 saturated heterocycles. The Kier molecular flexibility index (Phi) is 3.71. The van der Waals surface area contributed by atoms with E-state index in [1.807, 2.05) is 13.8 Å². The van der Waals surface area contributed by atoms with Gasteiger partial charge in [-0.15, -0.1) is 0 Å². The van der Waals surface area contributed by atoms with E-state index in [1.165, 1.54) is 0 Å². The second-order valence-corrected chi connectivity index (χ2v) is 3.98. The molecule has 5 atom stereocenters. The lowest BCUT2D eigenvalue weighted by atomic mass is 9.79. The van der Waals surface area contributed by atoms with Crippen molar-refractivity contribution in [3.63, 3.8) is 0 Å². The fourth-order valence-corrected chi connectivity index (χ4v) is 2.33. The van der Waals surface area contributed by atoms with Crippen molar-refractivity contribution in [2.75, 3.05) is 6.61 Å². The predicted octanol–water partition coefficient (Wildman–Crippen LogP) is 0.789. The summed E-state index contributed by atoms with van der Waals surface area (Å²) in [6.45, 7) is 6.05. The first-order valence-corrected chi connectivity index (χ1v) is 5.06. The van der Waals surface area contributed by atoms with Crippen molar-refractivity contribution in [3.05, 3.63) is 0 Å². The van der Waals surface area contributed by atoms with Gasteiger partial charge in [0.2, 0.25) is 0 Å². The molecule has 1 rings (SSSR count). The molecule has 0 aliphatic carbocycles. The molecule has 78 valence electrons. The molecule has 0 aromatic rings. The zero-order valence-electron chi connectivity index (χ0n) is 8.60. The first-order chi connectivity index (χ1) is 6.11. The van der Waals surface area contributed by atoms with Crippen molar-refractivity contribution in [2.45, 2.75) is 45.5 Å². The van der Waals surface area contributed by atoms with Crippen molar-refractivity contribution in [1.29, 1.82) is 0 Å². The minimum Gasteiger partial charge on any atom is -0.394 e. The maximum atomic E-state index is 9.77. The first-order valence-electron chi connectivity index (χ1n) is 5.06. The Hall–Kier alpha value is -0.120. The number of aliphatic hydroxyl groups excluding tert-OH is 2. The summed E-state index contributed by atoms with van der Waals surface area (Å²) >= 11 is 0. The second kappa shape index (κ2) is 4.40. The van der Waals surface area contributed by atoms with Gasteiger partial charge in [0.1, 0.15) is 6.10 Å². The van der Waals surface area contributed by atoms with Crippen LogP contribution in [0.5, 0.6) is 0 Å². The van der Waals surface area contributed by atoms with Gasteiger partial charge in [-0.25, -0.2) is 0 Å². The van der Waals surface area contributed by atoms with Crippen molar-refractivity contribution in [3.8, 4) is 0 Å². The van der Waals surface area contributed by atoms with Gasteiger partial charge in [0.25, 0.3) is 0 Å². The molecule has 0 aromatic heterocycles. The lowest BCUT2D eigenvalue weighted by Crippen LogP contribution is -2.50. The summed E-state index contributed by atoms with van der Waals surface area (Å²) in [5.74, 6) is 0.615. The third kappa shape index (κ3) is 2.03. The Morgan fingerprint density at radius 3 is 2.38 bits per heavy atom. The SMILES string of the molecule is CCC1C(C)OC(CO)C(O)C1C. The van der Waals surface area contributed by atoms with Gasteiger partial charge in [-0.3, -0.25) is 0 Å². The van der Waals surface area contributed by atoms with Crippen LogP contribution in [0.1, 0.15) is 27.2 Å². The zero-order chi connectivity index (χ0) is 10.0. The average Bonchev–Trinajstić information content (AvgIpc) is 2.12. The number of hydrogen-bond donors (Lipinski definition) is 2. The molecule has 3 heteroatoms. The normalized spacial score (nSPS) is 46.4. The minimum atomic E-state index is -0.522. The Balaban J connectivity index is 2.66. The van der Waals surface area contributed by atoms with Crippen LogP contribution in [0.2, 0.25) is 0 Å². The molecule has 13 heavy (non-hydrogen) atoms. The quantitative estimate of drug-likeness (QED) is 0.673. The molecule has 2 N–H and O–H groups in total. The topological polar surface area (TPSA) is 49.7 Å². The molecular weight excluding hydrogens is 168 g/mol. The third-order valence-electron chi connectivity index (χ3n) is 3.24. The number of rotatable bonds is 2. The van der Waals surface area contributed by atoms with E-state index in [-0.39, 0.29) is 18.6 Å². The molecule has 0 amide bonds. The highest BCUT2D eigenvalue weighted by Crippen LogP contribution is 2.32. The van der Waals surface area contributed by atoms with Gasteiger partial charge in [0.05, 0.1) is 18.8 Å². The fourth-order valence-electron chi connectivity index (χ4n) is 2.33. The molecule has 0 spiro atoms. The van der Waals surface area contributed by atoms with Crippen LogP contribution >= 0.6 is 0 Å². The molecule has 5 unspecified atom stereocenters. The molecule has 0 saturated carbocycles. The number of hydrogen-bond acceptors (Lipinski definition) is 3. The Morgan fingerprint density at radius 1 is 1.31 bits per heavy atom. The minimum absolute atomic E-state index is 0.0910. The van der Waals surface area contributed by atoms with Gasteiger partial charge in [-0.1, -0.05) is 20.3 Å². The van der Waals surface area contributed by atoms with Gasteiger partial charge in [0, 0.05) is 0 Å². The van der Waals surface area contributed by atoms with E-state index in [2.05, 4.69) is 6.92 Å². The van der Waals surface area contributed by atoms with Gasteiger partial charge >= 0.3 is 0 Å². The van der Waals surface area contributed by atoms with Crippen LogP contribution in [0.3, 0.4) is 0 Å². The maximum Gasteiger partial charge on any atom is 0.107 e. The van der Waals surface area contributed by atoms with Crippen LogP contribution in [0.15, 0.2) is 0 Å². The van der Waals surface area contributed by atoms with E-state index in [9.17, 15) is 5.11 Å². The van der Waals surface area contributed by atoms with Crippen molar-refractivity contribution < 1.29 is 14.9 Å². The zero-order valence-corrected chi connectivity index (χ0v) is 8.60. The van der Waals surface area contributed by atoms with Crippen LogP contribution in [0.25, 0.3) is 0 Å². The van der Waals surface area contributed by atoms with Crippen molar-refractivity contribution >= 4 is 0 Å². The smallest absolute Gasteiger partial charge is 0.107 e. The lowest BCUT2D eigenvalue weighted by molar-refractivity contribution is -0.178. The summed E-state index contributed by atoms with van der Waals surface area (Å²) in [5, 5.41) is 18.7. The first kappa shape index (κ1) is 11.0. The van der Waals surface area contributed by atoms with Gasteiger partial charge in [-0.2, -0.15) is 0 Å². The largest absolute Gasteiger partial charge is 0.394 e. The summed E-state index contributed by atoms with van der Waals surface area (Å²) in [4.78, 5) is 0. The van der Waals surface area contributed by atoms with Crippen LogP contribution < -0.4 is 0 Å². The number of ether oxygens (including phenoxy) is 1. The molecule has 1 fully saturated rings. The van der Waals surface area contributed by atoms with Crippen molar-refractivity contribution in [2.24, 2.45) is 11.8 Å². The summed E-state index contributed by atoms with van der Waals surface area (Å²) in [6, 6.07) is 0. The fraction of sp³-hybridized carbons (Fsp3) is 1.00. The van der Waals surface area contributed by atoms with E-state index >= 15 is 0 Å². The third-order valence-corrected chi connectivity index (χ3v) is 3.24. The highest BCUT2D eigenvalue weighted by atomic mass is 16.5. The van der Waals surface area contributed by atoms with Gasteiger partial charge < -0.3 is 14.9 Å². The second-order valence-electron chi connectivity index (χ2n) is 3.98.